The molecular formula is C14H24N4O3. The summed E-state index contributed by atoms with van der Waals surface area (Å²) in [6.07, 6.45) is 4.95. The zero-order valence-electron chi connectivity index (χ0n) is 12.9. The molecule has 0 aliphatic rings. The van der Waals surface area contributed by atoms with Crippen LogP contribution in [0.2, 0.25) is 0 Å². The quantitative estimate of drug-likeness (QED) is 0.755. The van der Waals surface area contributed by atoms with Gasteiger partial charge in [-0.15, -0.1) is 0 Å². The molecule has 1 aromatic heterocycles. The number of amides is 2. The van der Waals surface area contributed by atoms with E-state index in [4.69, 9.17) is 5.11 Å². The average molecular weight is 296 g/mol. The molecule has 0 aliphatic carbocycles. The van der Waals surface area contributed by atoms with E-state index in [0.717, 1.165) is 12.0 Å². The Morgan fingerprint density at radius 3 is 2.71 bits per heavy atom. The van der Waals surface area contributed by atoms with Gasteiger partial charge >= 0.3 is 12.0 Å². The molecule has 7 heteroatoms. The molecule has 0 radical (unpaired) electrons. The van der Waals surface area contributed by atoms with E-state index in [-0.39, 0.29) is 18.5 Å². The second-order valence-electron chi connectivity index (χ2n) is 5.29. The zero-order valence-corrected chi connectivity index (χ0v) is 12.9. The summed E-state index contributed by atoms with van der Waals surface area (Å²) in [5.74, 6) is -0.837. The van der Waals surface area contributed by atoms with Crippen molar-refractivity contribution in [2.45, 2.75) is 39.2 Å². The number of aryl methyl sites for hydroxylation is 1. The first-order valence-electron chi connectivity index (χ1n) is 7.14. The second-order valence-corrected chi connectivity index (χ2v) is 5.29. The van der Waals surface area contributed by atoms with Crippen molar-refractivity contribution in [2.75, 3.05) is 13.1 Å². The Hall–Kier alpha value is -2.05. The Labute approximate surface area is 124 Å². The van der Waals surface area contributed by atoms with Crippen molar-refractivity contribution >= 4 is 12.0 Å². The smallest absolute Gasteiger partial charge is 0.317 e. The molecule has 0 fully saturated rings. The van der Waals surface area contributed by atoms with Gasteiger partial charge in [0.25, 0.3) is 0 Å². The van der Waals surface area contributed by atoms with Crippen LogP contribution in [0.5, 0.6) is 0 Å². The van der Waals surface area contributed by atoms with Crippen molar-refractivity contribution in [1.29, 1.82) is 0 Å². The highest BCUT2D eigenvalue weighted by molar-refractivity contribution is 5.74. The van der Waals surface area contributed by atoms with E-state index in [0.29, 0.717) is 19.5 Å². The Morgan fingerprint density at radius 1 is 1.48 bits per heavy atom. The van der Waals surface area contributed by atoms with Crippen molar-refractivity contribution in [3.63, 3.8) is 0 Å². The monoisotopic (exact) mass is 296 g/mol. The molecule has 0 atom stereocenters. The van der Waals surface area contributed by atoms with Crippen LogP contribution in [0.15, 0.2) is 12.4 Å². The molecule has 1 heterocycles. The first-order chi connectivity index (χ1) is 9.90. The van der Waals surface area contributed by atoms with Crippen LogP contribution in [0, 0.1) is 0 Å². The lowest BCUT2D eigenvalue weighted by atomic mass is 10.2. The lowest BCUT2D eigenvalue weighted by molar-refractivity contribution is -0.137. The molecule has 2 N–H and O–H groups in total. The van der Waals surface area contributed by atoms with E-state index in [1.165, 1.54) is 0 Å². The van der Waals surface area contributed by atoms with Gasteiger partial charge in [-0.1, -0.05) is 0 Å². The van der Waals surface area contributed by atoms with Gasteiger partial charge < -0.3 is 15.3 Å². The van der Waals surface area contributed by atoms with Gasteiger partial charge in [0.15, 0.2) is 0 Å². The van der Waals surface area contributed by atoms with Crippen molar-refractivity contribution in [3.8, 4) is 0 Å². The Kier molecular flexibility index (Phi) is 6.71. The maximum absolute atomic E-state index is 12.1. The summed E-state index contributed by atoms with van der Waals surface area (Å²) in [7, 11) is 1.85. The van der Waals surface area contributed by atoms with E-state index in [1.807, 2.05) is 27.1 Å². The lowest BCUT2D eigenvalue weighted by Gasteiger charge is -2.26. The molecular weight excluding hydrogens is 272 g/mol. The van der Waals surface area contributed by atoms with Crippen LogP contribution in [0.1, 0.15) is 32.3 Å². The molecule has 1 rings (SSSR count). The van der Waals surface area contributed by atoms with Crippen LogP contribution in [-0.2, 0) is 18.3 Å². The van der Waals surface area contributed by atoms with Crippen LogP contribution in [-0.4, -0.2) is 50.9 Å². The normalized spacial score (nSPS) is 10.7. The van der Waals surface area contributed by atoms with Gasteiger partial charge in [0.2, 0.25) is 0 Å². The number of nitrogens with zero attached hydrogens (tertiary/aromatic N) is 3. The lowest BCUT2D eigenvalue weighted by Crippen LogP contribution is -2.45. The number of carboxylic acid groups (broad SMARTS) is 1. The van der Waals surface area contributed by atoms with Crippen LogP contribution < -0.4 is 5.32 Å². The van der Waals surface area contributed by atoms with E-state index in [2.05, 4.69) is 10.4 Å². The van der Waals surface area contributed by atoms with Gasteiger partial charge in [-0.3, -0.25) is 9.48 Å². The largest absolute Gasteiger partial charge is 0.481 e. The van der Waals surface area contributed by atoms with E-state index < -0.39 is 5.97 Å². The molecule has 0 unspecified atom stereocenters. The van der Waals surface area contributed by atoms with Gasteiger partial charge in [0.05, 0.1) is 6.20 Å². The first kappa shape index (κ1) is 17.0. The number of carbonyl (C=O) groups is 2. The molecule has 0 saturated heterocycles. The van der Waals surface area contributed by atoms with Crippen molar-refractivity contribution < 1.29 is 14.7 Å². The van der Waals surface area contributed by atoms with Crippen LogP contribution in [0.4, 0.5) is 4.79 Å². The molecule has 1 aromatic rings. The minimum absolute atomic E-state index is 0.0391. The SMILES string of the molecule is CC(C)N(CCCC(=O)O)C(=O)NCCc1cnn(C)c1. The number of carbonyl (C=O) groups excluding carboxylic acids is 1. The molecule has 118 valence electrons. The van der Waals surface area contributed by atoms with Crippen LogP contribution >= 0.6 is 0 Å². The fourth-order valence-electron chi connectivity index (χ4n) is 2.01. The molecule has 0 aliphatic heterocycles. The molecule has 7 nitrogen and oxygen atoms in total. The molecule has 0 saturated carbocycles. The number of aromatic nitrogens is 2. The maximum atomic E-state index is 12.1. The van der Waals surface area contributed by atoms with Crippen molar-refractivity contribution in [3.05, 3.63) is 18.0 Å². The fraction of sp³-hybridized carbons (Fsp3) is 0.643. The summed E-state index contributed by atoms with van der Waals surface area (Å²) in [5, 5.41) is 15.6. The maximum Gasteiger partial charge on any atom is 0.317 e. The topological polar surface area (TPSA) is 87.5 Å². The third-order valence-electron chi connectivity index (χ3n) is 3.12. The minimum atomic E-state index is -0.837. The minimum Gasteiger partial charge on any atom is -0.481 e. The van der Waals surface area contributed by atoms with Gasteiger partial charge in [0, 0.05) is 38.8 Å². The third kappa shape index (κ3) is 6.29. The highest BCUT2D eigenvalue weighted by atomic mass is 16.4. The number of nitrogens with one attached hydrogen (secondary N) is 1. The van der Waals surface area contributed by atoms with Gasteiger partial charge in [-0.05, 0) is 32.3 Å². The van der Waals surface area contributed by atoms with E-state index in [1.54, 1.807) is 15.8 Å². The van der Waals surface area contributed by atoms with Crippen LogP contribution in [0.25, 0.3) is 0 Å². The molecule has 2 amide bonds. The predicted octanol–water partition coefficient (Wildman–Crippen LogP) is 1.25. The number of urea groups is 1. The predicted molar refractivity (Wildman–Crippen MR) is 79.0 cm³/mol. The molecule has 21 heavy (non-hydrogen) atoms. The van der Waals surface area contributed by atoms with Crippen molar-refractivity contribution in [2.24, 2.45) is 7.05 Å². The Balaban J connectivity index is 2.36. The first-order valence-corrected chi connectivity index (χ1v) is 7.14. The summed E-state index contributed by atoms with van der Waals surface area (Å²) in [6.45, 7) is 4.82. The van der Waals surface area contributed by atoms with Gasteiger partial charge in [0.1, 0.15) is 0 Å². The summed E-state index contributed by atoms with van der Waals surface area (Å²) < 4.78 is 1.73. The van der Waals surface area contributed by atoms with Crippen LogP contribution in [0.3, 0.4) is 0 Å². The Morgan fingerprint density at radius 2 is 2.19 bits per heavy atom. The number of hydrogen-bond acceptors (Lipinski definition) is 3. The molecule has 0 spiro atoms. The van der Waals surface area contributed by atoms with E-state index in [9.17, 15) is 9.59 Å². The summed E-state index contributed by atoms with van der Waals surface area (Å²) >= 11 is 0. The number of carboxylic acids is 1. The highest BCUT2D eigenvalue weighted by Crippen LogP contribution is 2.03. The summed E-state index contributed by atoms with van der Waals surface area (Å²) in [5.41, 5.74) is 1.07. The third-order valence-corrected chi connectivity index (χ3v) is 3.12. The average Bonchev–Trinajstić information content (AvgIpc) is 2.79. The Bertz CT molecular complexity index is 471. The second kappa shape index (κ2) is 8.28. The van der Waals surface area contributed by atoms with Gasteiger partial charge in [-0.25, -0.2) is 4.79 Å². The van der Waals surface area contributed by atoms with Crippen molar-refractivity contribution in [1.82, 2.24) is 20.0 Å². The highest BCUT2D eigenvalue weighted by Gasteiger charge is 2.16. The van der Waals surface area contributed by atoms with E-state index >= 15 is 0 Å². The molecule has 0 aromatic carbocycles. The molecule has 0 bridgehead atoms. The number of rotatable bonds is 8. The zero-order chi connectivity index (χ0) is 15.8. The number of hydrogen-bond donors (Lipinski definition) is 2. The number of aliphatic carboxylic acids is 1. The standard InChI is InChI=1S/C14H24N4O3/c1-11(2)18(8-4-5-13(19)20)14(21)15-7-6-12-9-16-17(3)10-12/h9-11H,4-8H2,1-3H3,(H,15,21)(H,19,20). The summed E-state index contributed by atoms with van der Waals surface area (Å²) in [6, 6.07) is -0.114. The summed E-state index contributed by atoms with van der Waals surface area (Å²) in [4.78, 5) is 24.3. The van der Waals surface area contributed by atoms with Gasteiger partial charge in [-0.2, -0.15) is 5.10 Å². The fourth-order valence-corrected chi connectivity index (χ4v) is 2.01.